The number of hydrogen-bond donors (Lipinski definition) is 4. The molecule has 0 bridgehead atoms. The van der Waals surface area contributed by atoms with Crippen molar-refractivity contribution in [3.8, 4) is 6.07 Å². The highest BCUT2D eigenvalue weighted by Crippen LogP contribution is 2.34. The molecule has 64 heavy (non-hydrogen) atoms. The van der Waals surface area contributed by atoms with Crippen LogP contribution in [0.25, 0.3) is 10.8 Å². The van der Waals surface area contributed by atoms with Gasteiger partial charge in [0.25, 0.3) is 17.4 Å². The number of benzene rings is 4. The van der Waals surface area contributed by atoms with E-state index in [0.29, 0.717) is 53.4 Å². The third kappa shape index (κ3) is 11.5. The first-order chi connectivity index (χ1) is 30.4. The topological polar surface area (TPSA) is 215 Å². The lowest BCUT2D eigenvalue weighted by Gasteiger charge is -2.35. The van der Waals surface area contributed by atoms with Gasteiger partial charge in [0.1, 0.15) is 5.82 Å². The first kappa shape index (κ1) is 46.8. The molecule has 0 radical (unpaired) electrons. The minimum absolute atomic E-state index is 0.0924. The molecule has 1 aliphatic rings. The maximum atomic E-state index is 14.9. The van der Waals surface area contributed by atoms with Crippen LogP contribution in [0.2, 0.25) is 0 Å². The molecule has 20 heteroatoms. The van der Waals surface area contributed by atoms with Gasteiger partial charge >= 0.3 is 6.18 Å². The number of carbonyl (C=O) groups is 3. The van der Waals surface area contributed by atoms with Gasteiger partial charge in [-0.25, -0.2) is 17.9 Å². The number of hydrogen-bond acceptors (Lipinski definition) is 11. The highest BCUT2D eigenvalue weighted by molar-refractivity contribution is 7.91. The van der Waals surface area contributed by atoms with Gasteiger partial charge in [0, 0.05) is 62.5 Å². The van der Waals surface area contributed by atoms with E-state index in [1.54, 1.807) is 35.2 Å². The van der Waals surface area contributed by atoms with Crippen molar-refractivity contribution in [2.24, 2.45) is 0 Å². The molecule has 15 nitrogen and oxygen atoms in total. The number of aromatic amines is 1. The lowest BCUT2D eigenvalue weighted by atomic mass is 10.0. The van der Waals surface area contributed by atoms with Crippen LogP contribution < -0.4 is 16.2 Å². The third-order valence-electron chi connectivity index (χ3n) is 10.5. The molecule has 4 aromatic carbocycles. The Bertz CT molecular complexity index is 2750. The second-order valence-electron chi connectivity index (χ2n) is 15.2. The predicted molar refractivity (Wildman–Crippen MR) is 227 cm³/mol. The first-order valence-corrected chi connectivity index (χ1v) is 21.6. The molecule has 1 aromatic heterocycles. The number of nitrogens with one attached hydrogen (secondary N) is 3. The molecule has 1 atom stereocenters. The Morgan fingerprint density at radius 2 is 1.59 bits per heavy atom. The van der Waals surface area contributed by atoms with Crippen LogP contribution in [-0.4, -0.2) is 109 Å². The van der Waals surface area contributed by atoms with Crippen LogP contribution in [0.4, 0.5) is 28.9 Å². The molecule has 1 saturated heterocycles. The van der Waals surface area contributed by atoms with E-state index in [1.165, 1.54) is 47.4 Å². The number of aliphatic hydroxyl groups is 1. The Morgan fingerprint density at radius 1 is 0.922 bits per heavy atom. The van der Waals surface area contributed by atoms with Crippen LogP contribution in [0.3, 0.4) is 0 Å². The molecule has 6 rings (SSSR count). The Labute approximate surface area is 364 Å². The summed E-state index contributed by atoms with van der Waals surface area (Å²) in [5.74, 6) is -3.65. The summed E-state index contributed by atoms with van der Waals surface area (Å²) in [4.78, 5) is 54.1. The van der Waals surface area contributed by atoms with Crippen LogP contribution in [0.15, 0.2) is 94.6 Å². The molecule has 0 aliphatic carbocycles. The lowest BCUT2D eigenvalue weighted by molar-refractivity contribution is -0.138. The van der Waals surface area contributed by atoms with E-state index < -0.39 is 61.8 Å². The summed E-state index contributed by atoms with van der Waals surface area (Å²) in [5.41, 5.74) is -3.54. The minimum atomic E-state index is -4.89. The molecular formula is C44H43F4N7O8S. The van der Waals surface area contributed by atoms with Gasteiger partial charge in [-0.05, 0) is 79.6 Å². The van der Waals surface area contributed by atoms with Crippen LogP contribution in [0.5, 0.6) is 0 Å². The van der Waals surface area contributed by atoms with Gasteiger partial charge in [0.15, 0.2) is 15.4 Å². The zero-order chi connectivity index (χ0) is 46.2. The van der Waals surface area contributed by atoms with Gasteiger partial charge in [-0.15, -0.1) is 0 Å². The fourth-order valence-corrected chi connectivity index (χ4v) is 8.61. The van der Waals surface area contributed by atoms with Crippen molar-refractivity contribution in [3.05, 3.63) is 129 Å². The van der Waals surface area contributed by atoms with E-state index in [1.807, 2.05) is 0 Å². The third-order valence-corrected chi connectivity index (χ3v) is 12.4. The van der Waals surface area contributed by atoms with Crippen molar-refractivity contribution in [1.82, 2.24) is 20.0 Å². The normalized spacial score (nSPS) is 14.1. The minimum Gasteiger partial charge on any atom is -0.385 e. The number of piperazine rings is 1. The first-order valence-electron chi connectivity index (χ1n) is 20.0. The largest absolute Gasteiger partial charge is 0.417 e. The van der Waals surface area contributed by atoms with Crippen molar-refractivity contribution in [2.75, 3.05) is 62.3 Å². The molecule has 0 saturated carbocycles. The maximum Gasteiger partial charge on any atom is 0.417 e. The van der Waals surface area contributed by atoms with E-state index in [2.05, 4.69) is 20.8 Å². The number of halogens is 4. The number of carbonyl (C=O) groups excluding carboxylic acids is 3. The molecule has 0 spiro atoms. The highest BCUT2D eigenvalue weighted by atomic mass is 32.2. The summed E-state index contributed by atoms with van der Waals surface area (Å²) in [6, 6.07) is 20.6. The van der Waals surface area contributed by atoms with Gasteiger partial charge in [-0.2, -0.15) is 23.5 Å². The van der Waals surface area contributed by atoms with Crippen LogP contribution >= 0.6 is 0 Å². The number of ether oxygens (including phenoxy) is 1. The summed E-state index contributed by atoms with van der Waals surface area (Å²) in [6.45, 7) is 2.80. The van der Waals surface area contributed by atoms with Crippen LogP contribution in [0, 0.1) is 17.1 Å². The molecule has 336 valence electrons. The lowest BCUT2D eigenvalue weighted by Crippen LogP contribution is -2.50. The van der Waals surface area contributed by atoms with Crippen molar-refractivity contribution >= 4 is 49.7 Å². The van der Waals surface area contributed by atoms with Gasteiger partial charge in [0.2, 0.25) is 5.91 Å². The number of nitriles is 1. The second kappa shape index (κ2) is 19.8. The SMILES string of the molecule is C[C@](O)(CS(=O)(=O)c1ccc(NCCCOCCC(=O)N2CCN(C(=O)c3cc(Cc4n[nH]c(=O)c5ccccc45)ccc3F)CC2)cc1)C(=O)Nc1ccc(C#N)c(C(F)(F)F)c1. The quantitative estimate of drug-likeness (QED) is 0.0772. The molecular weight excluding hydrogens is 863 g/mol. The van der Waals surface area contributed by atoms with Gasteiger partial charge < -0.3 is 30.3 Å². The van der Waals surface area contributed by atoms with Gasteiger partial charge in [-0.3, -0.25) is 19.2 Å². The Kier molecular flexibility index (Phi) is 14.5. The van der Waals surface area contributed by atoms with Crippen LogP contribution in [-0.2, 0) is 36.8 Å². The summed E-state index contributed by atoms with van der Waals surface area (Å²) >= 11 is 0. The predicted octanol–water partition coefficient (Wildman–Crippen LogP) is 4.90. The Balaban J connectivity index is 0.886. The molecule has 1 aliphatic heterocycles. The van der Waals surface area contributed by atoms with Crippen molar-refractivity contribution in [2.45, 2.75) is 42.9 Å². The molecule has 0 unspecified atom stereocenters. The number of sulfone groups is 1. The smallest absolute Gasteiger partial charge is 0.385 e. The molecule has 1 fully saturated rings. The number of H-pyrrole nitrogens is 1. The zero-order valence-electron chi connectivity index (χ0n) is 34.4. The Hall–Kier alpha value is -6.69. The summed E-state index contributed by atoms with van der Waals surface area (Å²) in [7, 11) is -4.25. The number of rotatable bonds is 16. The molecule has 4 N–H and O–H groups in total. The Morgan fingerprint density at radius 3 is 2.28 bits per heavy atom. The molecule has 2 heterocycles. The highest BCUT2D eigenvalue weighted by Gasteiger charge is 2.38. The fraction of sp³-hybridized carbons (Fsp3) is 0.318. The number of alkyl halides is 3. The van der Waals surface area contributed by atoms with Gasteiger partial charge in [0.05, 0.1) is 57.5 Å². The van der Waals surface area contributed by atoms with E-state index in [0.717, 1.165) is 19.1 Å². The number of nitrogens with zero attached hydrogens (tertiary/aromatic N) is 4. The van der Waals surface area contributed by atoms with Crippen molar-refractivity contribution in [3.63, 3.8) is 0 Å². The average molecular weight is 906 g/mol. The van der Waals surface area contributed by atoms with E-state index in [4.69, 9.17) is 10.00 Å². The monoisotopic (exact) mass is 905 g/mol. The number of aromatic nitrogens is 2. The van der Waals surface area contributed by atoms with Crippen LogP contribution in [0.1, 0.15) is 52.5 Å². The standard InChI is InChI=1S/C44H43F4N7O8S/c1-43(60,42(59)51-31-9-8-29(26-49)36(25-31)44(46,47)48)27-64(61,62)32-12-10-30(11-13-32)50-16-4-21-63-22-15-39(56)54-17-19-55(20-18-54)41(58)35-23-28(7-14-37(35)45)24-38-33-5-2-3-6-34(33)40(57)53-52-38/h2-3,5-14,23,25,50,60H,4,15-22,24,27H2,1H3,(H,51,59)(H,53,57)/t43-/m0/s1. The molecule has 3 amide bonds. The summed E-state index contributed by atoms with van der Waals surface area (Å²) in [6.07, 6.45) is -3.98. The second-order valence-corrected chi connectivity index (χ2v) is 17.2. The average Bonchev–Trinajstić information content (AvgIpc) is 3.27. The zero-order valence-corrected chi connectivity index (χ0v) is 35.2. The maximum absolute atomic E-state index is 14.9. The van der Waals surface area contributed by atoms with Gasteiger partial charge in [-0.1, -0.05) is 24.3 Å². The van der Waals surface area contributed by atoms with Crippen molar-refractivity contribution < 1.29 is 50.2 Å². The summed E-state index contributed by atoms with van der Waals surface area (Å²) < 4.78 is 86.7. The van der Waals surface area contributed by atoms with E-state index in [-0.39, 0.29) is 67.6 Å². The molecule has 5 aromatic rings. The fourth-order valence-electron chi connectivity index (χ4n) is 7.02. The van der Waals surface area contributed by atoms with E-state index >= 15 is 0 Å². The van der Waals surface area contributed by atoms with E-state index in [9.17, 15) is 50.3 Å². The number of anilines is 2. The van der Waals surface area contributed by atoms with Crippen molar-refractivity contribution in [1.29, 1.82) is 5.26 Å². The number of fused-ring (bicyclic) bond motifs is 1. The summed E-state index contributed by atoms with van der Waals surface area (Å²) in [5, 5.41) is 32.7. The number of amides is 3.